The van der Waals surface area contributed by atoms with Gasteiger partial charge in [-0.2, -0.15) is 5.10 Å². The Morgan fingerprint density at radius 3 is 2.61 bits per heavy atom. The van der Waals surface area contributed by atoms with E-state index >= 15 is 0 Å². The Hall–Kier alpha value is -1.75. The third-order valence-electron chi connectivity index (χ3n) is 2.84. The van der Waals surface area contributed by atoms with Crippen molar-refractivity contribution >= 4 is 0 Å². The van der Waals surface area contributed by atoms with E-state index in [0.29, 0.717) is 5.69 Å². The minimum absolute atomic E-state index is 0.0363. The lowest BCUT2D eigenvalue weighted by atomic mass is 10.1. The summed E-state index contributed by atoms with van der Waals surface area (Å²) in [6.07, 6.45) is -1.16. The van der Waals surface area contributed by atoms with E-state index in [0.717, 1.165) is 5.69 Å². The molecule has 0 amide bonds. The van der Waals surface area contributed by atoms with Crippen molar-refractivity contribution in [3.8, 4) is 5.69 Å². The van der Waals surface area contributed by atoms with Crippen LogP contribution in [0.5, 0.6) is 0 Å². The summed E-state index contributed by atoms with van der Waals surface area (Å²) in [7, 11) is 1.57. The zero-order valence-corrected chi connectivity index (χ0v) is 10.2. The van der Waals surface area contributed by atoms with Gasteiger partial charge in [0.1, 0.15) is 0 Å². The standard InChI is InChI=1S/C13H14F2N2O/c1-9(18-2)11-7-8-16-17(11)12-6-4-3-5-10(12)13(14)15/h3-9,13H,1-2H3. The van der Waals surface area contributed by atoms with Crippen molar-refractivity contribution in [2.24, 2.45) is 0 Å². The number of benzene rings is 1. The van der Waals surface area contributed by atoms with E-state index < -0.39 is 6.43 Å². The fraction of sp³-hybridized carbons (Fsp3) is 0.308. The molecule has 0 saturated heterocycles. The molecule has 0 aliphatic heterocycles. The van der Waals surface area contributed by atoms with Crippen molar-refractivity contribution in [2.75, 3.05) is 7.11 Å². The lowest BCUT2D eigenvalue weighted by molar-refractivity contribution is 0.113. The van der Waals surface area contributed by atoms with Crippen molar-refractivity contribution < 1.29 is 13.5 Å². The van der Waals surface area contributed by atoms with Crippen LogP contribution in [0.4, 0.5) is 8.78 Å². The maximum atomic E-state index is 13.0. The molecule has 1 aromatic carbocycles. The van der Waals surface area contributed by atoms with Crippen molar-refractivity contribution in [1.82, 2.24) is 9.78 Å². The van der Waals surface area contributed by atoms with Crippen LogP contribution in [0.25, 0.3) is 5.69 Å². The van der Waals surface area contributed by atoms with Crippen LogP contribution in [-0.2, 0) is 4.74 Å². The monoisotopic (exact) mass is 252 g/mol. The van der Waals surface area contributed by atoms with Crippen LogP contribution in [-0.4, -0.2) is 16.9 Å². The second kappa shape index (κ2) is 5.27. The van der Waals surface area contributed by atoms with E-state index in [1.54, 1.807) is 37.6 Å². The quantitative estimate of drug-likeness (QED) is 0.832. The number of rotatable bonds is 4. The summed E-state index contributed by atoms with van der Waals surface area (Å²) in [4.78, 5) is 0. The number of hydrogen-bond acceptors (Lipinski definition) is 2. The van der Waals surface area contributed by atoms with Gasteiger partial charge in [0.25, 0.3) is 6.43 Å². The molecular weight excluding hydrogens is 238 g/mol. The van der Waals surface area contributed by atoms with Crippen molar-refractivity contribution in [3.05, 3.63) is 47.8 Å². The number of alkyl halides is 2. The number of halogens is 2. The first-order chi connectivity index (χ1) is 8.65. The number of ether oxygens (including phenoxy) is 1. The van der Waals surface area contributed by atoms with E-state index in [2.05, 4.69) is 5.10 Å². The number of para-hydroxylation sites is 1. The van der Waals surface area contributed by atoms with Crippen LogP contribution in [0.2, 0.25) is 0 Å². The van der Waals surface area contributed by atoms with Crippen molar-refractivity contribution in [3.63, 3.8) is 0 Å². The fourth-order valence-electron chi connectivity index (χ4n) is 1.81. The van der Waals surface area contributed by atoms with Crippen molar-refractivity contribution in [2.45, 2.75) is 19.5 Å². The largest absolute Gasteiger partial charge is 0.375 e. The highest BCUT2D eigenvalue weighted by Gasteiger charge is 2.18. The minimum atomic E-state index is -2.53. The lowest BCUT2D eigenvalue weighted by Gasteiger charge is -2.15. The van der Waals surface area contributed by atoms with Crippen molar-refractivity contribution in [1.29, 1.82) is 0 Å². The van der Waals surface area contributed by atoms with Gasteiger partial charge in [-0.05, 0) is 19.1 Å². The Morgan fingerprint density at radius 1 is 1.22 bits per heavy atom. The molecule has 2 aromatic rings. The van der Waals surface area contributed by atoms with Gasteiger partial charge in [-0.25, -0.2) is 13.5 Å². The highest BCUT2D eigenvalue weighted by atomic mass is 19.3. The third-order valence-corrected chi connectivity index (χ3v) is 2.84. The van der Waals surface area contributed by atoms with Gasteiger partial charge in [0.05, 0.1) is 17.5 Å². The first-order valence-corrected chi connectivity index (χ1v) is 5.59. The van der Waals surface area contributed by atoms with Gasteiger partial charge in [0, 0.05) is 18.9 Å². The molecule has 0 aliphatic rings. The zero-order chi connectivity index (χ0) is 13.1. The normalized spacial score (nSPS) is 12.9. The highest BCUT2D eigenvalue weighted by Crippen LogP contribution is 2.27. The Labute approximate surface area is 104 Å². The average Bonchev–Trinajstić information content (AvgIpc) is 2.86. The van der Waals surface area contributed by atoms with E-state index in [9.17, 15) is 8.78 Å². The second-order valence-electron chi connectivity index (χ2n) is 3.91. The Bertz CT molecular complexity index is 525. The SMILES string of the molecule is COC(C)c1ccnn1-c1ccccc1C(F)F. The van der Waals surface area contributed by atoms with Crippen LogP contribution < -0.4 is 0 Å². The molecule has 1 unspecified atom stereocenters. The number of nitrogens with zero attached hydrogens (tertiary/aromatic N) is 2. The summed E-state index contributed by atoms with van der Waals surface area (Å²) < 4.78 is 32.6. The molecular formula is C13H14F2N2O. The summed E-state index contributed by atoms with van der Waals surface area (Å²) >= 11 is 0. The number of aromatic nitrogens is 2. The van der Waals surface area contributed by atoms with E-state index in [1.165, 1.54) is 10.7 Å². The third kappa shape index (κ3) is 2.26. The topological polar surface area (TPSA) is 27.1 Å². The molecule has 3 nitrogen and oxygen atoms in total. The molecule has 0 bridgehead atoms. The highest BCUT2D eigenvalue weighted by molar-refractivity contribution is 5.42. The Balaban J connectivity index is 2.52. The summed E-state index contributed by atoms with van der Waals surface area (Å²) in [5, 5.41) is 4.10. The molecule has 0 N–H and O–H groups in total. The van der Waals surface area contributed by atoms with Gasteiger partial charge in [0.15, 0.2) is 0 Å². The van der Waals surface area contributed by atoms with Gasteiger partial charge in [-0.3, -0.25) is 0 Å². The molecule has 5 heteroatoms. The zero-order valence-electron chi connectivity index (χ0n) is 10.2. The molecule has 18 heavy (non-hydrogen) atoms. The van der Waals surface area contributed by atoms with Crippen LogP contribution >= 0.6 is 0 Å². The molecule has 1 aromatic heterocycles. The van der Waals surface area contributed by atoms with Gasteiger partial charge in [-0.15, -0.1) is 0 Å². The van der Waals surface area contributed by atoms with Gasteiger partial charge in [0.2, 0.25) is 0 Å². The smallest absolute Gasteiger partial charge is 0.265 e. The summed E-state index contributed by atoms with van der Waals surface area (Å²) in [6, 6.07) is 8.10. The first-order valence-electron chi connectivity index (χ1n) is 5.59. The van der Waals surface area contributed by atoms with E-state index in [-0.39, 0.29) is 11.7 Å². The van der Waals surface area contributed by atoms with Gasteiger partial charge in [-0.1, -0.05) is 18.2 Å². The summed E-state index contributed by atoms with van der Waals surface area (Å²) in [5.41, 5.74) is 1.09. The molecule has 1 heterocycles. The van der Waals surface area contributed by atoms with Crippen LogP contribution in [0, 0.1) is 0 Å². The lowest BCUT2D eigenvalue weighted by Crippen LogP contribution is -2.09. The predicted octanol–water partition coefficient (Wildman–Crippen LogP) is 3.52. The average molecular weight is 252 g/mol. The first kappa shape index (κ1) is 12.7. The molecule has 2 rings (SSSR count). The molecule has 0 radical (unpaired) electrons. The van der Waals surface area contributed by atoms with Crippen LogP contribution in [0.1, 0.15) is 30.7 Å². The van der Waals surface area contributed by atoms with E-state index in [1.807, 2.05) is 6.92 Å². The molecule has 0 saturated carbocycles. The predicted molar refractivity (Wildman–Crippen MR) is 63.9 cm³/mol. The van der Waals surface area contributed by atoms with Crippen LogP contribution in [0.3, 0.4) is 0 Å². The fourth-order valence-corrected chi connectivity index (χ4v) is 1.81. The summed E-state index contributed by atoms with van der Waals surface area (Å²) in [6.45, 7) is 1.85. The molecule has 0 fully saturated rings. The minimum Gasteiger partial charge on any atom is -0.375 e. The van der Waals surface area contributed by atoms with Gasteiger partial charge < -0.3 is 4.74 Å². The van der Waals surface area contributed by atoms with Gasteiger partial charge >= 0.3 is 0 Å². The molecule has 1 atom stereocenters. The Morgan fingerprint density at radius 2 is 1.94 bits per heavy atom. The number of methoxy groups -OCH3 is 1. The maximum Gasteiger partial charge on any atom is 0.265 e. The maximum absolute atomic E-state index is 13.0. The van der Waals surface area contributed by atoms with Crippen LogP contribution in [0.15, 0.2) is 36.5 Å². The second-order valence-corrected chi connectivity index (χ2v) is 3.91. The summed E-state index contributed by atoms with van der Waals surface area (Å²) in [5.74, 6) is 0. The Kier molecular flexibility index (Phi) is 3.72. The number of hydrogen-bond donors (Lipinski definition) is 0. The van der Waals surface area contributed by atoms with E-state index in [4.69, 9.17) is 4.74 Å². The molecule has 0 spiro atoms. The molecule has 0 aliphatic carbocycles. The molecule has 96 valence electrons.